The predicted molar refractivity (Wildman–Crippen MR) is 89.0 cm³/mol. The molecule has 0 aromatic carbocycles. The molecule has 2 saturated carbocycles. The van der Waals surface area contributed by atoms with E-state index in [0.29, 0.717) is 11.3 Å². The Morgan fingerprint density at radius 1 is 1.13 bits per heavy atom. The molecule has 0 heterocycles. The number of allylic oxidation sites excluding steroid dienone is 4. The lowest BCUT2D eigenvalue weighted by Gasteiger charge is -2.59. The fraction of sp³-hybridized carbons (Fsp3) is 0.800. The van der Waals surface area contributed by atoms with Gasteiger partial charge in [0.15, 0.2) is 0 Å². The standard InChI is InChI=1S/C20H30O3/c1-19-11-4-3-5-13(19)6-7-14-15-8-9-17(23-18(21)22)20(15,2)12-10-16(14)19/h3,5,9,13-16,18,21-22H,4,6-8,10-12H2,1-2H3/t13?,14-,15-,16+,19-,20-/m0/s1. The molecule has 4 aliphatic rings. The van der Waals surface area contributed by atoms with E-state index in [2.05, 4.69) is 32.1 Å². The van der Waals surface area contributed by atoms with Crippen LogP contribution in [0.15, 0.2) is 24.0 Å². The molecule has 0 amide bonds. The molecule has 2 fully saturated rings. The van der Waals surface area contributed by atoms with Crippen LogP contribution in [0.25, 0.3) is 0 Å². The summed E-state index contributed by atoms with van der Waals surface area (Å²) in [7, 11) is 0. The Balaban J connectivity index is 1.60. The number of aliphatic hydroxyl groups is 2. The topological polar surface area (TPSA) is 49.7 Å². The molecule has 3 heteroatoms. The van der Waals surface area contributed by atoms with Crippen LogP contribution in [0, 0.1) is 34.5 Å². The lowest BCUT2D eigenvalue weighted by atomic mass is 9.46. The van der Waals surface area contributed by atoms with E-state index in [1.807, 2.05) is 0 Å². The highest BCUT2D eigenvalue weighted by atomic mass is 16.7. The van der Waals surface area contributed by atoms with Gasteiger partial charge in [-0.1, -0.05) is 26.0 Å². The summed E-state index contributed by atoms with van der Waals surface area (Å²) in [5.74, 6) is 3.78. The number of ether oxygens (including phenoxy) is 1. The zero-order chi connectivity index (χ0) is 16.2. The molecule has 0 aromatic rings. The van der Waals surface area contributed by atoms with Crippen molar-refractivity contribution in [2.45, 2.75) is 65.3 Å². The molecule has 0 spiro atoms. The molecular formula is C20H30O3. The number of aliphatic hydroxyl groups excluding tert-OH is 1. The average Bonchev–Trinajstić information content (AvgIpc) is 2.83. The van der Waals surface area contributed by atoms with E-state index in [1.54, 1.807) is 0 Å². The van der Waals surface area contributed by atoms with E-state index in [1.165, 1.54) is 32.1 Å². The van der Waals surface area contributed by atoms with Gasteiger partial charge in [-0.2, -0.15) is 0 Å². The van der Waals surface area contributed by atoms with Gasteiger partial charge in [0, 0.05) is 5.41 Å². The minimum Gasteiger partial charge on any atom is -0.446 e. The second-order valence-corrected chi connectivity index (χ2v) is 8.74. The minimum atomic E-state index is -1.69. The third-order valence-corrected chi connectivity index (χ3v) is 7.90. The van der Waals surface area contributed by atoms with Gasteiger partial charge in [0.2, 0.25) is 0 Å². The fourth-order valence-electron chi connectivity index (χ4n) is 6.65. The average molecular weight is 318 g/mol. The maximum absolute atomic E-state index is 9.23. The molecule has 1 unspecified atom stereocenters. The van der Waals surface area contributed by atoms with E-state index >= 15 is 0 Å². The van der Waals surface area contributed by atoms with Gasteiger partial charge in [-0.15, -0.1) is 0 Å². The van der Waals surface area contributed by atoms with Crippen molar-refractivity contribution in [3.8, 4) is 0 Å². The number of hydrogen-bond acceptors (Lipinski definition) is 3. The maximum atomic E-state index is 9.23. The Morgan fingerprint density at radius 3 is 2.74 bits per heavy atom. The summed E-state index contributed by atoms with van der Waals surface area (Å²) in [6, 6.07) is 0. The first-order valence-corrected chi connectivity index (χ1v) is 9.35. The maximum Gasteiger partial charge on any atom is 0.310 e. The van der Waals surface area contributed by atoms with Gasteiger partial charge in [-0.05, 0) is 80.1 Å². The number of hydrogen-bond donors (Lipinski definition) is 2. The van der Waals surface area contributed by atoms with Crippen LogP contribution in [0.2, 0.25) is 0 Å². The van der Waals surface area contributed by atoms with Gasteiger partial charge in [-0.25, -0.2) is 0 Å². The summed E-state index contributed by atoms with van der Waals surface area (Å²) in [6.07, 6.45) is 15.6. The molecule has 128 valence electrons. The highest BCUT2D eigenvalue weighted by Crippen LogP contribution is 2.65. The molecule has 4 rings (SSSR count). The second kappa shape index (κ2) is 5.35. The first-order valence-electron chi connectivity index (χ1n) is 9.35. The van der Waals surface area contributed by atoms with Crippen molar-refractivity contribution in [2.24, 2.45) is 34.5 Å². The Bertz CT molecular complexity index is 537. The van der Waals surface area contributed by atoms with E-state index in [9.17, 15) is 10.2 Å². The fourth-order valence-corrected chi connectivity index (χ4v) is 6.65. The van der Waals surface area contributed by atoms with Crippen LogP contribution in [-0.4, -0.2) is 16.7 Å². The van der Waals surface area contributed by atoms with Crippen LogP contribution in [0.4, 0.5) is 0 Å². The molecule has 2 N–H and O–H groups in total. The lowest BCUT2D eigenvalue weighted by molar-refractivity contribution is -0.225. The van der Waals surface area contributed by atoms with Crippen molar-refractivity contribution in [3.63, 3.8) is 0 Å². The van der Waals surface area contributed by atoms with Crippen LogP contribution in [-0.2, 0) is 4.74 Å². The molecule has 6 atom stereocenters. The van der Waals surface area contributed by atoms with Crippen molar-refractivity contribution in [1.82, 2.24) is 0 Å². The van der Waals surface area contributed by atoms with Crippen LogP contribution >= 0.6 is 0 Å². The first kappa shape index (κ1) is 15.7. The van der Waals surface area contributed by atoms with Gasteiger partial charge in [0.25, 0.3) is 0 Å². The van der Waals surface area contributed by atoms with E-state index in [-0.39, 0.29) is 5.41 Å². The van der Waals surface area contributed by atoms with Crippen LogP contribution in [0.1, 0.15) is 58.8 Å². The third-order valence-electron chi connectivity index (χ3n) is 7.90. The SMILES string of the molecule is C[C@]12CCC=CC1CC[C@@H]1[C@H]2CC[C@]2(C)C(OC(O)O)=CC[C@@H]12. The zero-order valence-corrected chi connectivity index (χ0v) is 14.4. The van der Waals surface area contributed by atoms with E-state index in [4.69, 9.17) is 4.74 Å². The summed E-state index contributed by atoms with van der Waals surface area (Å²) in [6.45, 7) is 3.13. The molecule has 23 heavy (non-hydrogen) atoms. The first-order chi connectivity index (χ1) is 10.9. The Hall–Kier alpha value is -0.800. The number of fused-ring (bicyclic) bond motifs is 5. The third kappa shape index (κ3) is 2.23. The summed E-state index contributed by atoms with van der Waals surface area (Å²) >= 11 is 0. The summed E-state index contributed by atoms with van der Waals surface area (Å²) in [5, 5.41) is 18.5. The van der Waals surface area contributed by atoms with E-state index in [0.717, 1.165) is 36.4 Å². The quantitative estimate of drug-likeness (QED) is 0.598. The van der Waals surface area contributed by atoms with Crippen molar-refractivity contribution >= 4 is 0 Å². The van der Waals surface area contributed by atoms with Gasteiger partial charge in [0.1, 0.15) is 5.76 Å². The molecular weight excluding hydrogens is 288 g/mol. The summed E-state index contributed by atoms with van der Waals surface area (Å²) in [4.78, 5) is 0. The zero-order valence-electron chi connectivity index (χ0n) is 14.4. The second-order valence-electron chi connectivity index (χ2n) is 8.74. The minimum absolute atomic E-state index is 0.00141. The lowest BCUT2D eigenvalue weighted by Crippen LogP contribution is -2.51. The van der Waals surface area contributed by atoms with Crippen molar-refractivity contribution < 1.29 is 14.9 Å². The molecule has 0 saturated heterocycles. The molecule has 3 nitrogen and oxygen atoms in total. The molecule has 0 aromatic heterocycles. The molecule has 0 aliphatic heterocycles. The van der Waals surface area contributed by atoms with Crippen LogP contribution < -0.4 is 0 Å². The van der Waals surface area contributed by atoms with Crippen molar-refractivity contribution in [2.75, 3.05) is 0 Å². The highest BCUT2D eigenvalue weighted by Gasteiger charge is 2.58. The summed E-state index contributed by atoms with van der Waals surface area (Å²) < 4.78 is 5.36. The van der Waals surface area contributed by atoms with Crippen molar-refractivity contribution in [3.05, 3.63) is 24.0 Å². The monoisotopic (exact) mass is 318 g/mol. The number of rotatable bonds is 2. The molecule has 0 bridgehead atoms. The Labute approximate surface area is 139 Å². The highest BCUT2D eigenvalue weighted by molar-refractivity contribution is 5.22. The summed E-state index contributed by atoms with van der Waals surface area (Å²) in [5.41, 5.74) is 0.470. The largest absolute Gasteiger partial charge is 0.446 e. The van der Waals surface area contributed by atoms with Gasteiger partial charge in [-0.3, -0.25) is 0 Å². The Morgan fingerprint density at radius 2 is 1.96 bits per heavy atom. The van der Waals surface area contributed by atoms with E-state index < -0.39 is 6.48 Å². The van der Waals surface area contributed by atoms with Crippen LogP contribution in [0.5, 0.6) is 0 Å². The molecule has 0 radical (unpaired) electrons. The Kier molecular flexibility index (Phi) is 3.66. The predicted octanol–water partition coefficient (Wildman–Crippen LogP) is 3.97. The van der Waals surface area contributed by atoms with Gasteiger partial charge in [0.05, 0.1) is 0 Å². The van der Waals surface area contributed by atoms with Gasteiger partial charge >= 0.3 is 6.48 Å². The smallest absolute Gasteiger partial charge is 0.310 e. The van der Waals surface area contributed by atoms with Gasteiger partial charge < -0.3 is 14.9 Å². The normalized spacial score (nSPS) is 48.5. The molecule has 4 aliphatic carbocycles. The van der Waals surface area contributed by atoms with Crippen molar-refractivity contribution in [1.29, 1.82) is 0 Å². The van der Waals surface area contributed by atoms with Crippen LogP contribution in [0.3, 0.4) is 0 Å².